The van der Waals surface area contributed by atoms with Crippen LogP contribution in [0.4, 0.5) is 4.79 Å². The van der Waals surface area contributed by atoms with E-state index in [4.69, 9.17) is 5.84 Å². The van der Waals surface area contributed by atoms with Crippen molar-refractivity contribution in [1.82, 2.24) is 30.9 Å². The van der Waals surface area contributed by atoms with Crippen LogP contribution in [0.15, 0.2) is 0 Å². The molecule has 1 aromatic heterocycles. The zero-order valence-corrected chi connectivity index (χ0v) is 8.06. The Balaban J connectivity index is 2.35. The Morgan fingerprint density at radius 3 is 2.93 bits per heavy atom. The quantitative estimate of drug-likeness (QED) is 0.328. The first-order valence-electron chi connectivity index (χ1n) is 4.15. The Morgan fingerprint density at radius 2 is 2.43 bits per heavy atom. The molecule has 1 rings (SSSR count). The first-order valence-corrected chi connectivity index (χ1v) is 4.15. The minimum Gasteiger partial charge on any atom is -0.329 e. The summed E-state index contributed by atoms with van der Waals surface area (Å²) in [7, 11) is 0. The normalized spacial score (nSPS) is 10.3. The molecule has 0 bridgehead atoms. The number of carbonyl (C=O) groups is 1. The maximum atomic E-state index is 11.3. The first kappa shape index (κ1) is 10.4. The third-order valence-electron chi connectivity index (χ3n) is 1.58. The zero-order chi connectivity index (χ0) is 10.6. The maximum absolute atomic E-state index is 11.3. The standard InChI is InChI=1S/C6H13N7O/c1-4(2)13(7)6(14)8-3-5-9-11-12-10-5/h4H,3,7H2,1-2H3,(H,8,14)(H,9,10,11,12). The van der Waals surface area contributed by atoms with E-state index in [9.17, 15) is 4.79 Å². The van der Waals surface area contributed by atoms with Crippen molar-refractivity contribution in [2.75, 3.05) is 0 Å². The van der Waals surface area contributed by atoms with Gasteiger partial charge in [-0.1, -0.05) is 5.21 Å². The molecule has 4 N–H and O–H groups in total. The Bertz CT molecular complexity index is 282. The third-order valence-corrected chi connectivity index (χ3v) is 1.58. The van der Waals surface area contributed by atoms with Crippen molar-refractivity contribution in [2.24, 2.45) is 5.84 Å². The van der Waals surface area contributed by atoms with Crippen molar-refractivity contribution in [2.45, 2.75) is 26.4 Å². The number of H-pyrrole nitrogens is 1. The molecule has 0 aliphatic heterocycles. The van der Waals surface area contributed by atoms with Crippen LogP contribution in [-0.2, 0) is 6.54 Å². The number of hydrogen-bond donors (Lipinski definition) is 3. The van der Waals surface area contributed by atoms with Crippen LogP contribution in [0, 0.1) is 0 Å². The highest BCUT2D eigenvalue weighted by Crippen LogP contribution is 1.91. The van der Waals surface area contributed by atoms with E-state index < -0.39 is 0 Å². The van der Waals surface area contributed by atoms with Gasteiger partial charge in [-0.15, -0.1) is 10.2 Å². The fourth-order valence-corrected chi connectivity index (χ4v) is 0.738. The smallest absolute Gasteiger partial charge is 0.329 e. The molecule has 78 valence electrons. The molecule has 8 heteroatoms. The minimum absolute atomic E-state index is 0.0553. The van der Waals surface area contributed by atoms with E-state index in [0.717, 1.165) is 5.01 Å². The molecule has 8 nitrogen and oxygen atoms in total. The summed E-state index contributed by atoms with van der Waals surface area (Å²) < 4.78 is 0. The summed E-state index contributed by atoms with van der Waals surface area (Å²) in [5.74, 6) is 5.87. The van der Waals surface area contributed by atoms with Crippen LogP contribution >= 0.6 is 0 Å². The van der Waals surface area contributed by atoms with E-state index >= 15 is 0 Å². The Labute approximate surface area is 80.8 Å². The fourth-order valence-electron chi connectivity index (χ4n) is 0.738. The molecule has 14 heavy (non-hydrogen) atoms. The minimum atomic E-state index is -0.371. The molecule has 0 aliphatic rings. The highest BCUT2D eigenvalue weighted by Gasteiger charge is 2.12. The van der Waals surface area contributed by atoms with Gasteiger partial charge in [0, 0.05) is 6.04 Å². The lowest BCUT2D eigenvalue weighted by molar-refractivity contribution is 0.184. The summed E-state index contributed by atoms with van der Waals surface area (Å²) in [6, 6.07) is -0.426. The number of carbonyl (C=O) groups excluding carboxylic acids is 1. The number of tetrazole rings is 1. The summed E-state index contributed by atoms with van der Waals surface area (Å²) in [6.07, 6.45) is 0. The van der Waals surface area contributed by atoms with Gasteiger partial charge in [0.15, 0.2) is 5.82 Å². The predicted molar refractivity (Wildman–Crippen MR) is 47.6 cm³/mol. The Morgan fingerprint density at radius 1 is 1.71 bits per heavy atom. The van der Waals surface area contributed by atoms with Gasteiger partial charge in [0.25, 0.3) is 0 Å². The highest BCUT2D eigenvalue weighted by molar-refractivity contribution is 5.73. The molecule has 0 unspecified atom stereocenters. The van der Waals surface area contributed by atoms with Crippen LogP contribution in [0.3, 0.4) is 0 Å². The molecule has 0 aromatic carbocycles. The fraction of sp³-hybridized carbons (Fsp3) is 0.667. The van der Waals surface area contributed by atoms with E-state index in [0.29, 0.717) is 5.82 Å². The first-order chi connectivity index (χ1) is 6.61. The molecule has 0 atom stereocenters. The van der Waals surface area contributed by atoms with Crippen LogP contribution in [0.25, 0.3) is 0 Å². The number of rotatable bonds is 3. The average molecular weight is 199 g/mol. The van der Waals surface area contributed by atoms with E-state index in [2.05, 4.69) is 25.9 Å². The number of nitrogens with two attached hydrogens (primary N) is 1. The second-order valence-electron chi connectivity index (χ2n) is 2.99. The number of nitrogens with zero attached hydrogens (tertiary/aromatic N) is 4. The summed E-state index contributed by atoms with van der Waals surface area (Å²) in [4.78, 5) is 11.3. The SMILES string of the molecule is CC(C)N(N)C(=O)NCc1nn[nH]n1. The third kappa shape index (κ3) is 2.66. The van der Waals surface area contributed by atoms with Crippen LogP contribution in [-0.4, -0.2) is 37.7 Å². The molecule has 0 aliphatic carbocycles. The summed E-state index contributed by atoms with van der Waals surface area (Å²) >= 11 is 0. The van der Waals surface area contributed by atoms with Gasteiger partial charge in [0.1, 0.15) is 0 Å². The van der Waals surface area contributed by atoms with Crippen LogP contribution < -0.4 is 11.2 Å². The summed E-state index contributed by atoms with van der Waals surface area (Å²) in [5.41, 5.74) is 0. The monoisotopic (exact) mass is 199 g/mol. The van der Waals surface area contributed by atoms with Crippen molar-refractivity contribution in [3.8, 4) is 0 Å². The zero-order valence-electron chi connectivity index (χ0n) is 8.06. The van der Waals surface area contributed by atoms with Crippen molar-refractivity contribution in [1.29, 1.82) is 0 Å². The van der Waals surface area contributed by atoms with Gasteiger partial charge in [-0.25, -0.2) is 10.6 Å². The average Bonchev–Trinajstić information content (AvgIpc) is 2.65. The van der Waals surface area contributed by atoms with Crippen molar-refractivity contribution in [3.63, 3.8) is 0 Å². The van der Waals surface area contributed by atoms with Crippen molar-refractivity contribution in [3.05, 3.63) is 5.82 Å². The van der Waals surface area contributed by atoms with Gasteiger partial charge < -0.3 is 5.32 Å². The number of nitrogens with one attached hydrogen (secondary N) is 2. The molecular weight excluding hydrogens is 186 g/mol. The van der Waals surface area contributed by atoms with Gasteiger partial charge in [-0.3, -0.25) is 5.01 Å². The molecular formula is C6H13N7O. The number of urea groups is 1. The highest BCUT2D eigenvalue weighted by atomic mass is 16.2. The van der Waals surface area contributed by atoms with Crippen molar-refractivity contribution < 1.29 is 4.79 Å². The molecule has 0 radical (unpaired) electrons. The lowest BCUT2D eigenvalue weighted by Crippen LogP contribution is -2.48. The summed E-state index contributed by atoms with van der Waals surface area (Å²) in [6.45, 7) is 3.83. The van der Waals surface area contributed by atoms with Crippen LogP contribution in [0.2, 0.25) is 0 Å². The molecule has 0 saturated carbocycles. The Hall–Kier alpha value is -1.70. The molecule has 2 amide bonds. The van der Waals surface area contributed by atoms with Crippen LogP contribution in [0.1, 0.15) is 19.7 Å². The molecule has 1 heterocycles. The van der Waals surface area contributed by atoms with Gasteiger partial charge >= 0.3 is 6.03 Å². The molecule has 0 fully saturated rings. The number of aromatic nitrogens is 4. The number of aromatic amines is 1. The second-order valence-corrected chi connectivity index (χ2v) is 2.99. The van der Waals surface area contributed by atoms with E-state index in [1.165, 1.54) is 0 Å². The van der Waals surface area contributed by atoms with E-state index in [1.807, 2.05) is 13.8 Å². The largest absolute Gasteiger partial charge is 0.332 e. The van der Waals surface area contributed by atoms with Crippen LogP contribution in [0.5, 0.6) is 0 Å². The van der Waals surface area contributed by atoms with Gasteiger partial charge in [0.2, 0.25) is 0 Å². The maximum Gasteiger partial charge on any atom is 0.332 e. The van der Waals surface area contributed by atoms with Crippen molar-refractivity contribution >= 4 is 6.03 Å². The lowest BCUT2D eigenvalue weighted by atomic mass is 10.4. The Kier molecular flexibility index (Phi) is 3.35. The number of hydrogen-bond acceptors (Lipinski definition) is 5. The molecule has 0 spiro atoms. The van der Waals surface area contributed by atoms with E-state index in [-0.39, 0.29) is 18.6 Å². The number of amides is 2. The predicted octanol–water partition coefficient (Wildman–Crippen LogP) is -1.01. The molecule has 0 saturated heterocycles. The van der Waals surface area contributed by atoms with E-state index in [1.54, 1.807) is 0 Å². The topological polar surface area (TPSA) is 113 Å². The lowest BCUT2D eigenvalue weighted by Gasteiger charge is -2.20. The second kappa shape index (κ2) is 4.51. The summed E-state index contributed by atoms with van der Waals surface area (Å²) in [5, 5.41) is 16.6. The number of hydrazine groups is 1. The van der Waals surface area contributed by atoms with Gasteiger partial charge in [0.05, 0.1) is 6.54 Å². The van der Waals surface area contributed by atoms with Gasteiger partial charge in [-0.05, 0) is 13.8 Å². The van der Waals surface area contributed by atoms with Gasteiger partial charge in [-0.2, -0.15) is 5.21 Å². The molecule has 1 aromatic rings.